The van der Waals surface area contributed by atoms with Crippen LogP contribution in [0.4, 0.5) is 0 Å². The van der Waals surface area contributed by atoms with Crippen LogP contribution in [0, 0.1) is 11.8 Å². The third-order valence-corrected chi connectivity index (χ3v) is 4.21. The highest BCUT2D eigenvalue weighted by atomic mass is 79.9. The lowest BCUT2D eigenvalue weighted by molar-refractivity contribution is -0.141. The summed E-state index contributed by atoms with van der Waals surface area (Å²) in [6.07, 6.45) is 6.37. The Kier molecular flexibility index (Phi) is 2.46. The van der Waals surface area contributed by atoms with E-state index in [1.807, 2.05) is 13.0 Å². The van der Waals surface area contributed by atoms with Crippen LogP contribution in [-0.4, -0.2) is 16.4 Å². The van der Waals surface area contributed by atoms with Crippen molar-refractivity contribution < 1.29 is 9.53 Å². The summed E-state index contributed by atoms with van der Waals surface area (Å²) in [5.41, 5.74) is 0. The Hall–Kier alpha value is -0.310. The first-order valence-corrected chi connectivity index (χ1v) is 5.89. The van der Waals surface area contributed by atoms with Gasteiger partial charge in [-0.1, -0.05) is 28.9 Å². The van der Waals surface area contributed by atoms with Crippen LogP contribution >= 0.6 is 15.9 Å². The lowest BCUT2D eigenvalue weighted by Crippen LogP contribution is -2.31. The van der Waals surface area contributed by atoms with Crippen LogP contribution in [0.25, 0.3) is 0 Å². The summed E-state index contributed by atoms with van der Waals surface area (Å²) in [6, 6.07) is 0. The molecule has 0 aromatic heterocycles. The van der Waals surface area contributed by atoms with Crippen LogP contribution in [-0.2, 0) is 9.53 Å². The number of esters is 1. The zero-order valence-electron chi connectivity index (χ0n) is 8.50. The van der Waals surface area contributed by atoms with E-state index in [1.165, 1.54) is 0 Å². The first kappa shape index (κ1) is 10.2. The van der Waals surface area contributed by atoms with Crippen molar-refractivity contribution in [2.24, 2.45) is 11.8 Å². The lowest BCUT2D eigenvalue weighted by atomic mass is 9.87. The Bertz CT molecular complexity index is 283. The molecular weight excluding hydrogens is 244 g/mol. The molecule has 0 radical (unpaired) electrons. The van der Waals surface area contributed by atoms with E-state index in [0.717, 1.165) is 12.8 Å². The van der Waals surface area contributed by atoms with Gasteiger partial charge in [0.15, 0.2) is 0 Å². The Morgan fingerprint density at radius 2 is 2.21 bits per heavy atom. The summed E-state index contributed by atoms with van der Waals surface area (Å²) in [5.74, 6) is 0.769. The summed E-state index contributed by atoms with van der Waals surface area (Å²) in [4.78, 5) is 11.6. The highest BCUT2D eigenvalue weighted by molar-refractivity contribution is 9.10. The lowest BCUT2D eigenvalue weighted by Gasteiger charge is -2.21. The molecule has 1 fully saturated rings. The van der Waals surface area contributed by atoms with Crippen LogP contribution in [0.1, 0.15) is 26.7 Å². The van der Waals surface area contributed by atoms with Gasteiger partial charge in [0.1, 0.15) is 10.4 Å². The van der Waals surface area contributed by atoms with Crippen molar-refractivity contribution in [1.29, 1.82) is 0 Å². The number of halogens is 1. The quantitative estimate of drug-likeness (QED) is 0.380. The highest BCUT2D eigenvalue weighted by Crippen LogP contribution is 2.44. The molecule has 4 atom stereocenters. The minimum Gasteiger partial charge on any atom is -0.457 e. The number of carbonyl (C=O) groups is 1. The van der Waals surface area contributed by atoms with Gasteiger partial charge < -0.3 is 4.74 Å². The fraction of sp³-hybridized carbons (Fsp3) is 0.727. The molecule has 14 heavy (non-hydrogen) atoms. The second-order valence-electron chi connectivity index (χ2n) is 4.49. The van der Waals surface area contributed by atoms with Gasteiger partial charge in [-0.25, -0.2) is 0 Å². The minimum atomic E-state index is -0.480. The van der Waals surface area contributed by atoms with E-state index in [9.17, 15) is 4.79 Å². The van der Waals surface area contributed by atoms with Crippen molar-refractivity contribution in [3.63, 3.8) is 0 Å². The van der Waals surface area contributed by atoms with Gasteiger partial charge in [0.2, 0.25) is 0 Å². The topological polar surface area (TPSA) is 26.3 Å². The molecule has 1 aliphatic carbocycles. The molecule has 0 unspecified atom stereocenters. The average molecular weight is 259 g/mol. The van der Waals surface area contributed by atoms with Crippen LogP contribution in [0.15, 0.2) is 12.2 Å². The van der Waals surface area contributed by atoms with E-state index >= 15 is 0 Å². The molecule has 0 aromatic rings. The van der Waals surface area contributed by atoms with Crippen LogP contribution in [0.5, 0.6) is 0 Å². The second kappa shape index (κ2) is 3.37. The normalized spacial score (nSPS) is 47.1. The second-order valence-corrected chi connectivity index (χ2v) is 6.14. The van der Waals surface area contributed by atoms with Crippen LogP contribution in [0.3, 0.4) is 0 Å². The van der Waals surface area contributed by atoms with Gasteiger partial charge >= 0.3 is 5.97 Å². The molecule has 3 heteroatoms. The van der Waals surface area contributed by atoms with Crippen LogP contribution in [0.2, 0.25) is 0 Å². The zero-order chi connectivity index (χ0) is 10.3. The van der Waals surface area contributed by atoms with Crippen molar-refractivity contribution >= 4 is 21.9 Å². The first-order valence-electron chi connectivity index (χ1n) is 5.10. The molecule has 0 spiro atoms. The molecule has 78 valence electrons. The molecule has 0 aromatic carbocycles. The Balaban J connectivity index is 2.25. The van der Waals surface area contributed by atoms with Crippen molar-refractivity contribution in [3.8, 4) is 0 Å². The molecule has 0 bridgehead atoms. The molecule has 1 aliphatic heterocycles. The van der Waals surface area contributed by atoms with Gasteiger partial charge in [-0.15, -0.1) is 0 Å². The molecule has 2 nitrogen and oxygen atoms in total. The molecule has 2 aliphatic rings. The van der Waals surface area contributed by atoms with Gasteiger partial charge in [0.05, 0.1) is 0 Å². The standard InChI is InChI=1S/C11H15BrO2/c1-7-3-5-8-9(6-4-7)14-10(13)11(8,2)12/h4,6-9H,3,5H2,1-2H3/t7-,8+,9-,11-/m0/s1. The molecule has 1 saturated heterocycles. The summed E-state index contributed by atoms with van der Waals surface area (Å²) < 4.78 is 4.86. The highest BCUT2D eigenvalue weighted by Gasteiger charge is 2.51. The SMILES string of the molecule is C[C@@H]1C=C[C@@H]2OC(=O)[C@@](C)(Br)[C@@H]2CC1. The minimum absolute atomic E-state index is 0.0168. The smallest absolute Gasteiger partial charge is 0.323 e. The van der Waals surface area contributed by atoms with Gasteiger partial charge in [0, 0.05) is 5.92 Å². The fourth-order valence-electron chi connectivity index (χ4n) is 2.23. The van der Waals surface area contributed by atoms with E-state index in [2.05, 4.69) is 28.9 Å². The largest absolute Gasteiger partial charge is 0.457 e. The Morgan fingerprint density at radius 1 is 1.50 bits per heavy atom. The van der Waals surface area contributed by atoms with Gasteiger partial charge in [-0.3, -0.25) is 4.79 Å². The predicted molar refractivity (Wildman–Crippen MR) is 58.2 cm³/mol. The average Bonchev–Trinajstić information content (AvgIpc) is 2.25. The first-order chi connectivity index (χ1) is 6.51. The van der Waals surface area contributed by atoms with Crippen molar-refractivity contribution in [2.75, 3.05) is 0 Å². The van der Waals surface area contributed by atoms with E-state index in [1.54, 1.807) is 0 Å². The monoisotopic (exact) mass is 258 g/mol. The summed E-state index contributed by atoms with van der Waals surface area (Å²) in [5, 5.41) is 0. The van der Waals surface area contributed by atoms with Gasteiger partial charge in [-0.2, -0.15) is 0 Å². The number of hydrogen-bond donors (Lipinski definition) is 0. The molecule has 0 N–H and O–H groups in total. The van der Waals surface area contributed by atoms with Crippen molar-refractivity contribution in [1.82, 2.24) is 0 Å². The number of rotatable bonds is 0. The number of fused-ring (bicyclic) bond motifs is 1. The maximum atomic E-state index is 11.6. The molecule has 1 heterocycles. The number of alkyl halides is 1. The van der Waals surface area contributed by atoms with E-state index < -0.39 is 4.32 Å². The Morgan fingerprint density at radius 3 is 2.93 bits per heavy atom. The third-order valence-electron chi connectivity index (χ3n) is 3.30. The number of hydrogen-bond acceptors (Lipinski definition) is 2. The van der Waals surface area contributed by atoms with E-state index in [-0.39, 0.29) is 18.0 Å². The summed E-state index contributed by atoms with van der Waals surface area (Å²) >= 11 is 3.50. The van der Waals surface area contributed by atoms with Gasteiger partial charge in [-0.05, 0) is 31.8 Å². The summed E-state index contributed by atoms with van der Waals surface area (Å²) in [7, 11) is 0. The molecule has 2 rings (SSSR count). The molecular formula is C11H15BrO2. The maximum absolute atomic E-state index is 11.6. The third kappa shape index (κ3) is 1.52. The maximum Gasteiger partial charge on any atom is 0.323 e. The van der Waals surface area contributed by atoms with Gasteiger partial charge in [0.25, 0.3) is 0 Å². The number of ether oxygens (including phenoxy) is 1. The van der Waals surface area contributed by atoms with Crippen LogP contribution < -0.4 is 0 Å². The molecule has 0 amide bonds. The van der Waals surface area contributed by atoms with Crippen molar-refractivity contribution in [2.45, 2.75) is 37.1 Å². The van der Waals surface area contributed by atoms with Crippen molar-refractivity contribution in [3.05, 3.63) is 12.2 Å². The number of carbonyl (C=O) groups excluding carboxylic acids is 1. The van der Waals surface area contributed by atoms with E-state index in [4.69, 9.17) is 4.74 Å². The fourth-order valence-corrected chi connectivity index (χ4v) is 2.81. The van der Waals surface area contributed by atoms with E-state index in [0.29, 0.717) is 5.92 Å². The molecule has 0 saturated carbocycles. The summed E-state index contributed by atoms with van der Waals surface area (Å²) in [6.45, 7) is 4.12. The zero-order valence-corrected chi connectivity index (χ0v) is 10.1. The number of allylic oxidation sites excluding steroid dienone is 1. The Labute approximate surface area is 92.8 Å². The predicted octanol–water partition coefficient (Wildman–Crippen LogP) is 2.67.